The van der Waals surface area contributed by atoms with Gasteiger partial charge in [0.2, 0.25) is 0 Å². The van der Waals surface area contributed by atoms with E-state index in [9.17, 15) is 0 Å². The largest absolute Gasteiger partial charge is 0.397 e. The molecule has 0 amide bonds. The van der Waals surface area contributed by atoms with Gasteiger partial charge in [0.1, 0.15) is 0 Å². The first-order valence-electron chi connectivity index (χ1n) is 14.9. The van der Waals surface area contributed by atoms with Crippen LogP contribution in [0.4, 0.5) is 17.2 Å². The van der Waals surface area contributed by atoms with Crippen molar-refractivity contribution in [2.75, 3.05) is 160 Å². The Hall–Kier alpha value is -1.77. The van der Waals surface area contributed by atoms with Gasteiger partial charge < -0.3 is 36.4 Å². The molecule has 39 heavy (non-hydrogen) atoms. The van der Waals surface area contributed by atoms with Crippen molar-refractivity contribution in [1.29, 1.82) is 0 Å². The predicted molar refractivity (Wildman–Crippen MR) is 159 cm³/mol. The second kappa shape index (κ2) is 16.5. The van der Waals surface area contributed by atoms with Gasteiger partial charge in [-0.25, -0.2) is 4.98 Å². The lowest BCUT2D eigenvalue weighted by Gasteiger charge is -2.38. The second-order valence-corrected chi connectivity index (χ2v) is 10.9. The Morgan fingerprint density at radius 2 is 1.05 bits per heavy atom. The van der Waals surface area contributed by atoms with Crippen molar-refractivity contribution in [3.63, 3.8) is 0 Å². The predicted octanol–water partition coefficient (Wildman–Crippen LogP) is -2.31. The highest BCUT2D eigenvalue weighted by Crippen LogP contribution is 2.32. The SMILES string of the molecule is Nc1cnc2c(c1)N(CCNCCN1CCN(CCO)CC1)CCN2CCNCCN1CCN(CCO)CC1. The minimum atomic E-state index is 0.253. The van der Waals surface area contributed by atoms with E-state index in [1.807, 2.05) is 0 Å². The number of hydrogen-bond donors (Lipinski definition) is 5. The highest BCUT2D eigenvalue weighted by Gasteiger charge is 2.24. The van der Waals surface area contributed by atoms with Crippen LogP contribution in [-0.2, 0) is 0 Å². The van der Waals surface area contributed by atoms with Gasteiger partial charge in [-0.15, -0.1) is 0 Å². The molecule has 12 nitrogen and oxygen atoms in total. The molecule has 0 spiro atoms. The fraction of sp³-hybridized carbons (Fsp3) is 0.815. The van der Waals surface area contributed by atoms with Crippen LogP contribution in [0.3, 0.4) is 0 Å². The quantitative estimate of drug-likeness (QED) is 0.143. The molecule has 3 aliphatic heterocycles. The topological polar surface area (TPSA) is 123 Å². The number of β-amino-alcohol motifs (C(OH)–C–C–N with tert-alkyl or cyclic N) is 2. The summed E-state index contributed by atoms with van der Waals surface area (Å²) in [6.45, 7) is 20.4. The highest BCUT2D eigenvalue weighted by molar-refractivity contribution is 5.72. The Morgan fingerprint density at radius 3 is 1.56 bits per heavy atom. The fourth-order valence-corrected chi connectivity index (χ4v) is 5.76. The number of hydrogen-bond acceptors (Lipinski definition) is 12. The summed E-state index contributed by atoms with van der Waals surface area (Å²) in [6.07, 6.45) is 1.78. The summed E-state index contributed by atoms with van der Waals surface area (Å²) >= 11 is 0. The molecule has 4 rings (SSSR count). The summed E-state index contributed by atoms with van der Waals surface area (Å²) in [5.41, 5.74) is 7.99. The average molecular weight is 549 g/mol. The van der Waals surface area contributed by atoms with E-state index in [-0.39, 0.29) is 13.2 Å². The van der Waals surface area contributed by atoms with Gasteiger partial charge in [-0.1, -0.05) is 0 Å². The van der Waals surface area contributed by atoms with Gasteiger partial charge in [0, 0.05) is 131 Å². The first-order chi connectivity index (χ1) is 19.2. The highest BCUT2D eigenvalue weighted by atomic mass is 16.3. The number of nitrogen functional groups attached to an aromatic ring is 1. The normalized spacial score (nSPS) is 20.1. The molecule has 6 N–H and O–H groups in total. The molecule has 2 saturated heterocycles. The Bertz CT molecular complexity index is 818. The number of pyridine rings is 1. The number of aliphatic hydroxyl groups is 2. The molecule has 0 aliphatic carbocycles. The molecule has 0 unspecified atom stereocenters. The summed E-state index contributed by atoms with van der Waals surface area (Å²) < 4.78 is 0. The van der Waals surface area contributed by atoms with E-state index in [4.69, 9.17) is 20.9 Å². The van der Waals surface area contributed by atoms with Gasteiger partial charge >= 0.3 is 0 Å². The van der Waals surface area contributed by atoms with Gasteiger partial charge in [-0.05, 0) is 6.07 Å². The standard InChI is InChI=1S/C27H52N10O2/c28-25-23-26-27(31-24-25)37(8-4-30-2-6-33-11-15-35(16-12-33)20-22-39)18-17-36(26)7-3-29-1-5-32-9-13-34(14-10-32)19-21-38/h23-24,29-30,38-39H,1-22,28H2. The van der Waals surface area contributed by atoms with Gasteiger partial charge in [-0.3, -0.25) is 19.6 Å². The van der Waals surface area contributed by atoms with Crippen molar-refractivity contribution in [3.8, 4) is 0 Å². The van der Waals surface area contributed by atoms with E-state index in [2.05, 4.69) is 46.1 Å². The Kier molecular flexibility index (Phi) is 12.8. The van der Waals surface area contributed by atoms with E-state index in [1.54, 1.807) is 6.20 Å². The zero-order chi connectivity index (χ0) is 27.3. The van der Waals surface area contributed by atoms with Crippen LogP contribution in [-0.4, -0.2) is 179 Å². The number of rotatable bonds is 16. The molecular weight excluding hydrogens is 496 g/mol. The minimum absolute atomic E-state index is 0.253. The number of nitrogens with two attached hydrogens (primary N) is 1. The fourth-order valence-electron chi connectivity index (χ4n) is 5.76. The zero-order valence-corrected chi connectivity index (χ0v) is 23.8. The number of fused-ring (bicyclic) bond motifs is 1. The Labute approximate surface area is 234 Å². The van der Waals surface area contributed by atoms with E-state index in [0.717, 1.165) is 142 Å². The van der Waals surface area contributed by atoms with Crippen LogP contribution in [0.25, 0.3) is 0 Å². The summed E-state index contributed by atoms with van der Waals surface area (Å²) in [4.78, 5) is 19.2. The molecule has 0 aromatic carbocycles. The summed E-state index contributed by atoms with van der Waals surface area (Å²) in [5.74, 6) is 1.04. The average Bonchev–Trinajstić information content (AvgIpc) is 2.95. The lowest BCUT2D eigenvalue weighted by molar-refractivity contribution is 0.113. The smallest absolute Gasteiger partial charge is 0.152 e. The molecule has 0 radical (unpaired) electrons. The van der Waals surface area contributed by atoms with Crippen LogP contribution in [0, 0.1) is 0 Å². The van der Waals surface area contributed by atoms with Gasteiger partial charge in [0.25, 0.3) is 0 Å². The molecule has 2 fully saturated rings. The maximum Gasteiger partial charge on any atom is 0.152 e. The monoisotopic (exact) mass is 548 g/mol. The van der Waals surface area contributed by atoms with Crippen LogP contribution in [0.2, 0.25) is 0 Å². The number of nitrogens with zero attached hydrogens (tertiary/aromatic N) is 7. The van der Waals surface area contributed by atoms with Crippen molar-refractivity contribution < 1.29 is 10.2 Å². The van der Waals surface area contributed by atoms with E-state index in [0.29, 0.717) is 5.69 Å². The van der Waals surface area contributed by atoms with E-state index in [1.165, 1.54) is 0 Å². The molecule has 1 aromatic heterocycles. The first-order valence-corrected chi connectivity index (χ1v) is 14.9. The minimum Gasteiger partial charge on any atom is -0.397 e. The number of aromatic nitrogens is 1. The van der Waals surface area contributed by atoms with E-state index >= 15 is 0 Å². The lowest BCUT2D eigenvalue weighted by Crippen LogP contribution is -2.49. The van der Waals surface area contributed by atoms with Crippen LogP contribution < -0.4 is 26.2 Å². The lowest BCUT2D eigenvalue weighted by atomic mass is 10.2. The molecule has 0 atom stereocenters. The van der Waals surface area contributed by atoms with Crippen LogP contribution in [0.15, 0.2) is 12.3 Å². The van der Waals surface area contributed by atoms with Crippen LogP contribution >= 0.6 is 0 Å². The first kappa shape index (κ1) is 30.2. The maximum atomic E-state index is 9.11. The van der Waals surface area contributed by atoms with Gasteiger partial charge in [0.05, 0.1) is 30.8 Å². The summed E-state index contributed by atoms with van der Waals surface area (Å²) in [7, 11) is 0. The Morgan fingerprint density at radius 1 is 0.615 bits per heavy atom. The maximum absolute atomic E-state index is 9.11. The second-order valence-electron chi connectivity index (χ2n) is 10.9. The van der Waals surface area contributed by atoms with Crippen LogP contribution in [0.1, 0.15) is 0 Å². The van der Waals surface area contributed by atoms with Crippen molar-refractivity contribution in [2.45, 2.75) is 0 Å². The molecule has 12 heteroatoms. The summed E-state index contributed by atoms with van der Waals surface area (Å²) in [5, 5.41) is 25.5. The number of aliphatic hydroxyl groups excluding tert-OH is 2. The molecule has 1 aromatic rings. The number of anilines is 3. The number of nitrogens with one attached hydrogen (secondary N) is 2. The van der Waals surface area contributed by atoms with Gasteiger partial charge in [-0.2, -0.15) is 0 Å². The molecule has 0 bridgehead atoms. The van der Waals surface area contributed by atoms with Crippen molar-refractivity contribution in [2.24, 2.45) is 0 Å². The molecule has 222 valence electrons. The molecule has 3 aliphatic rings. The molecule has 0 saturated carbocycles. The molecule has 4 heterocycles. The Balaban J connectivity index is 1.12. The zero-order valence-electron chi connectivity index (χ0n) is 23.8. The number of piperazine rings is 2. The third kappa shape index (κ3) is 9.68. The third-order valence-electron chi connectivity index (χ3n) is 8.24. The van der Waals surface area contributed by atoms with Crippen molar-refractivity contribution in [1.82, 2.24) is 35.2 Å². The van der Waals surface area contributed by atoms with E-state index < -0.39 is 0 Å². The summed E-state index contributed by atoms with van der Waals surface area (Å²) in [6, 6.07) is 2.07. The third-order valence-corrected chi connectivity index (χ3v) is 8.24. The van der Waals surface area contributed by atoms with Crippen LogP contribution in [0.5, 0.6) is 0 Å². The van der Waals surface area contributed by atoms with Crippen molar-refractivity contribution >= 4 is 17.2 Å². The molecular formula is C27H52N10O2. The van der Waals surface area contributed by atoms with Gasteiger partial charge in [0.15, 0.2) is 5.82 Å². The van der Waals surface area contributed by atoms with Crippen molar-refractivity contribution in [3.05, 3.63) is 12.3 Å².